The third-order valence-corrected chi connectivity index (χ3v) is 8.32. The van der Waals surface area contributed by atoms with Gasteiger partial charge in [0.1, 0.15) is 46.0 Å². The maximum absolute atomic E-state index is 11.5. The van der Waals surface area contributed by atoms with Gasteiger partial charge < -0.3 is 37.9 Å². The van der Waals surface area contributed by atoms with Crippen molar-refractivity contribution >= 4 is 35.8 Å². The Morgan fingerprint density at radius 3 is 1.04 bits per heavy atom. The molecule has 0 fully saturated rings. The topological polar surface area (TPSA) is 176 Å². The SMILES string of the molecule is CC(=O)Oc1ccc(C2COc3cc(OC(C)=O)cc(OC(C)=O)c3C2)cc1.CC(=O)Oc1ccc(C2COc3cc(OC(C)=O)cc(OC(C)=O)c3C2)cc1. The van der Waals surface area contributed by atoms with Crippen molar-refractivity contribution < 1.29 is 66.7 Å². The van der Waals surface area contributed by atoms with Gasteiger partial charge in [-0.25, -0.2) is 0 Å². The Bertz CT molecular complexity index is 1980. The minimum atomic E-state index is -0.477. The van der Waals surface area contributed by atoms with Gasteiger partial charge in [-0.1, -0.05) is 24.3 Å². The van der Waals surface area contributed by atoms with E-state index in [0.29, 0.717) is 60.6 Å². The molecule has 2 aliphatic heterocycles. The lowest BCUT2D eigenvalue weighted by atomic mass is 9.90. The van der Waals surface area contributed by atoms with E-state index in [2.05, 4.69) is 0 Å². The zero-order chi connectivity index (χ0) is 40.5. The van der Waals surface area contributed by atoms with Gasteiger partial charge in [0.25, 0.3) is 0 Å². The summed E-state index contributed by atoms with van der Waals surface area (Å²) in [4.78, 5) is 67.6. The highest BCUT2D eigenvalue weighted by molar-refractivity contribution is 5.74. The van der Waals surface area contributed by atoms with Gasteiger partial charge in [0, 0.05) is 88.8 Å². The molecule has 0 saturated carbocycles. The minimum absolute atomic E-state index is 0.0211. The molecule has 14 heteroatoms. The molecular weight excluding hydrogens is 728 g/mol. The molecule has 0 saturated heterocycles. The molecule has 14 nitrogen and oxygen atoms in total. The average molecular weight is 769 g/mol. The van der Waals surface area contributed by atoms with Crippen LogP contribution in [0.3, 0.4) is 0 Å². The molecular formula is C42H40O14. The number of esters is 6. The second-order valence-electron chi connectivity index (χ2n) is 12.9. The molecule has 0 aromatic heterocycles. The monoisotopic (exact) mass is 768 g/mol. The molecule has 0 radical (unpaired) electrons. The van der Waals surface area contributed by atoms with E-state index in [1.54, 1.807) is 36.4 Å². The Hall–Kier alpha value is -6.70. The fourth-order valence-corrected chi connectivity index (χ4v) is 6.16. The van der Waals surface area contributed by atoms with Crippen LogP contribution in [0.1, 0.15) is 75.6 Å². The predicted octanol–water partition coefficient (Wildman–Crippen LogP) is 6.36. The molecule has 6 rings (SSSR count). The van der Waals surface area contributed by atoms with Crippen LogP contribution in [0, 0.1) is 0 Å². The number of hydrogen-bond acceptors (Lipinski definition) is 14. The van der Waals surface area contributed by atoms with Crippen LogP contribution in [0.2, 0.25) is 0 Å². The van der Waals surface area contributed by atoms with Crippen LogP contribution in [-0.4, -0.2) is 49.0 Å². The summed E-state index contributed by atoms with van der Waals surface area (Å²) in [6, 6.07) is 20.6. The molecule has 0 N–H and O–H groups in total. The Morgan fingerprint density at radius 2 is 0.732 bits per heavy atom. The Balaban J connectivity index is 0.000000214. The Kier molecular flexibility index (Phi) is 13.1. The Labute approximate surface area is 322 Å². The van der Waals surface area contributed by atoms with E-state index < -0.39 is 23.9 Å². The highest BCUT2D eigenvalue weighted by Crippen LogP contribution is 2.43. The van der Waals surface area contributed by atoms with E-state index in [4.69, 9.17) is 37.9 Å². The van der Waals surface area contributed by atoms with E-state index in [9.17, 15) is 28.8 Å². The quantitative estimate of drug-likeness (QED) is 0.143. The molecule has 56 heavy (non-hydrogen) atoms. The molecule has 4 aromatic carbocycles. The summed E-state index contributed by atoms with van der Waals surface area (Å²) in [6.07, 6.45) is 1.15. The number of hydrogen-bond donors (Lipinski definition) is 0. The summed E-state index contributed by atoms with van der Waals surface area (Å²) < 4.78 is 42.7. The summed E-state index contributed by atoms with van der Waals surface area (Å²) in [5.74, 6) is 0.486. The van der Waals surface area contributed by atoms with Crippen LogP contribution < -0.4 is 37.9 Å². The number of carbonyl (C=O) groups excluding carboxylic acids is 6. The van der Waals surface area contributed by atoms with Crippen LogP contribution in [0.15, 0.2) is 72.8 Å². The van der Waals surface area contributed by atoms with Crippen molar-refractivity contribution in [2.75, 3.05) is 13.2 Å². The van der Waals surface area contributed by atoms with E-state index in [0.717, 1.165) is 22.3 Å². The van der Waals surface area contributed by atoms with Crippen molar-refractivity contribution in [2.24, 2.45) is 0 Å². The van der Waals surface area contributed by atoms with E-state index in [1.165, 1.54) is 53.7 Å². The highest BCUT2D eigenvalue weighted by Gasteiger charge is 2.28. The number of benzene rings is 4. The molecule has 0 amide bonds. The maximum atomic E-state index is 11.5. The van der Waals surface area contributed by atoms with E-state index in [-0.39, 0.29) is 35.3 Å². The number of ether oxygens (including phenoxy) is 8. The summed E-state index contributed by atoms with van der Waals surface area (Å²) >= 11 is 0. The molecule has 0 aliphatic carbocycles. The van der Waals surface area contributed by atoms with Crippen molar-refractivity contribution in [3.8, 4) is 46.0 Å². The summed E-state index contributed by atoms with van der Waals surface area (Å²) in [7, 11) is 0. The van der Waals surface area contributed by atoms with Gasteiger partial charge in [0.15, 0.2) is 0 Å². The van der Waals surface area contributed by atoms with Crippen LogP contribution in [-0.2, 0) is 41.6 Å². The number of carbonyl (C=O) groups is 6. The number of rotatable bonds is 8. The van der Waals surface area contributed by atoms with Gasteiger partial charge in [0.2, 0.25) is 0 Å². The second-order valence-corrected chi connectivity index (χ2v) is 12.9. The zero-order valence-electron chi connectivity index (χ0n) is 31.6. The zero-order valence-corrected chi connectivity index (χ0v) is 31.6. The first-order valence-electron chi connectivity index (χ1n) is 17.5. The molecule has 2 aliphatic rings. The van der Waals surface area contributed by atoms with E-state index in [1.807, 2.05) is 24.3 Å². The molecule has 0 bridgehead atoms. The standard InChI is InChI=1S/2C21H20O7/c2*1-12(22)26-17-6-4-15(5-7-17)16-8-19-20(25-11-16)9-18(27-13(2)23)10-21(19)28-14(3)24/h2*4-7,9-10,16H,8,11H2,1-3H3. The lowest BCUT2D eigenvalue weighted by molar-refractivity contribution is -0.133. The van der Waals surface area contributed by atoms with Crippen molar-refractivity contribution in [3.63, 3.8) is 0 Å². The lowest BCUT2D eigenvalue weighted by Crippen LogP contribution is -2.20. The first-order chi connectivity index (χ1) is 26.6. The fraction of sp³-hybridized carbons (Fsp3) is 0.286. The highest BCUT2D eigenvalue weighted by atomic mass is 16.6. The maximum Gasteiger partial charge on any atom is 0.308 e. The predicted molar refractivity (Wildman–Crippen MR) is 198 cm³/mol. The van der Waals surface area contributed by atoms with Crippen LogP contribution in [0.25, 0.3) is 0 Å². The van der Waals surface area contributed by atoms with Crippen LogP contribution in [0.5, 0.6) is 46.0 Å². The van der Waals surface area contributed by atoms with Crippen molar-refractivity contribution in [2.45, 2.75) is 66.2 Å². The average Bonchev–Trinajstić information content (AvgIpc) is 3.11. The molecule has 2 atom stereocenters. The van der Waals surface area contributed by atoms with Crippen molar-refractivity contribution in [1.82, 2.24) is 0 Å². The normalized spacial score (nSPS) is 15.0. The smallest absolute Gasteiger partial charge is 0.308 e. The van der Waals surface area contributed by atoms with Gasteiger partial charge in [-0.2, -0.15) is 0 Å². The molecule has 0 spiro atoms. The minimum Gasteiger partial charge on any atom is -0.492 e. The van der Waals surface area contributed by atoms with Crippen molar-refractivity contribution in [3.05, 3.63) is 95.1 Å². The van der Waals surface area contributed by atoms with Gasteiger partial charge in [-0.15, -0.1) is 0 Å². The molecule has 4 aromatic rings. The summed E-state index contributed by atoms with van der Waals surface area (Å²) in [5, 5.41) is 0. The van der Waals surface area contributed by atoms with Crippen LogP contribution >= 0.6 is 0 Å². The largest absolute Gasteiger partial charge is 0.492 e. The van der Waals surface area contributed by atoms with Gasteiger partial charge >= 0.3 is 35.8 Å². The summed E-state index contributed by atoms with van der Waals surface area (Å²) in [6.45, 7) is 8.70. The first-order valence-corrected chi connectivity index (χ1v) is 17.5. The fourth-order valence-electron chi connectivity index (χ4n) is 6.16. The molecule has 2 unspecified atom stereocenters. The lowest BCUT2D eigenvalue weighted by Gasteiger charge is -2.27. The second kappa shape index (κ2) is 18.1. The molecule has 292 valence electrons. The van der Waals surface area contributed by atoms with Gasteiger partial charge in [0.05, 0.1) is 13.2 Å². The number of fused-ring (bicyclic) bond motifs is 2. The third-order valence-electron chi connectivity index (χ3n) is 8.32. The summed E-state index contributed by atoms with van der Waals surface area (Å²) in [5.41, 5.74) is 3.46. The Morgan fingerprint density at radius 1 is 0.429 bits per heavy atom. The van der Waals surface area contributed by atoms with Crippen LogP contribution in [0.4, 0.5) is 0 Å². The van der Waals surface area contributed by atoms with Gasteiger partial charge in [-0.05, 0) is 48.2 Å². The third kappa shape index (κ3) is 11.2. The van der Waals surface area contributed by atoms with Gasteiger partial charge in [-0.3, -0.25) is 28.8 Å². The van der Waals surface area contributed by atoms with E-state index >= 15 is 0 Å². The molecule has 2 heterocycles. The first kappa shape index (κ1) is 40.5. The van der Waals surface area contributed by atoms with Crippen molar-refractivity contribution in [1.29, 1.82) is 0 Å².